The topological polar surface area (TPSA) is 23.6 Å². The minimum atomic E-state index is 0.489. The zero-order valence-electron chi connectivity index (χ0n) is 9.91. The van der Waals surface area contributed by atoms with Crippen LogP contribution < -0.4 is 0 Å². The van der Waals surface area contributed by atoms with Gasteiger partial charge in [0.15, 0.2) is 0 Å². The van der Waals surface area contributed by atoms with E-state index in [-0.39, 0.29) is 0 Å². The summed E-state index contributed by atoms with van der Waals surface area (Å²) in [5.74, 6) is 0.489. The van der Waals surface area contributed by atoms with Gasteiger partial charge in [-0.05, 0) is 26.4 Å². The van der Waals surface area contributed by atoms with Gasteiger partial charge in [0.2, 0.25) is 0 Å². The second-order valence-electron chi connectivity index (χ2n) is 4.97. The van der Waals surface area contributed by atoms with Gasteiger partial charge in [-0.2, -0.15) is 0 Å². The molecule has 0 aromatic heterocycles. The summed E-state index contributed by atoms with van der Waals surface area (Å²) in [5, 5.41) is 0. The lowest BCUT2D eigenvalue weighted by Gasteiger charge is -2.34. The van der Waals surface area contributed by atoms with Crippen molar-refractivity contribution in [3.05, 3.63) is 0 Å². The molecule has 2 heterocycles. The molecule has 0 amide bonds. The molecule has 0 aromatic carbocycles. The number of piperidine rings is 1. The van der Waals surface area contributed by atoms with Crippen LogP contribution in [0.5, 0.6) is 0 Å². The first-order chi connectivity index (χ1) is 7.20. The molecule has 2 atom stereocenters. The smallest absolute Gasteiger partial charge is 0.136 e. The molecule has 0 aromatic rings. The molecule has 2 fully saturated rings. The van der Waals surface area contributed by atoms with Gasteiger partial charge in [-0.3, -0.25) is 9.69 Å². The van der Waals surface area contributed by atoms with Gasteiger partial charge in [0.25, 0.3) is 0 Å². The Morgan fingerprint density at radius 2 is 1.93 bits per heavy atom. The molecule has 15 heavy (non-hydrogen) atoms. The molecule has 86 valence electrons. The maximum atomic E-state index is 11.4. The summed E-state index contributed by atoms with van der Waals surface area (Å²) in [6.45, 7) is 5.58. The van der Waals surface area contributed by atoms with Gasteiger partial charge in [-0.1, -0.05) is 6.92 Å². The minimum absolute atomic E-state index is 0.489. The van der Waals surface area contributed by atoms with Crippen molar-refractivity contribution in [1.82, 2.24) is 9.80 Å². The normalized spacial score (nSPS) is 31.5. The largest absolute Gasteiger partial charge is 0.305 e. The molecule has 2 saturated heterocycles. The standard InChI is InChI=1S/C12H22N2O/c1-3-13(2)6-7-14-10-4-5-11(14)9-12(15)8-10/h10-11H,3-9H2,1-2H3. The van der Waals surface area contributed by atoms with E-state index in [0.717, 1.165) is 32.5 Å². The van der Waals surface area contributed by atoms with Crippen LogP contribution in [-0.4, -0.2) is 54.3 Å². The predicted octanol–water partition coefficient (Wildman–Crippen LogP) is 1.13. The van der Waals surface area contributed by atoms with E-state index in [1.807, 2.05) is 0 Å². The Morgan fingerprint density at radius 1 is 1.33 bits per heavy atom. The Hall–Kier alpha value is -0.410. The quantitative estimate of drug-likeness (QED) is 0.695. The fourth-order valence-electron chi connectivity index (χ4n) is 2.87. The highest BCUT2D eigenvalue weighted by Gasteiger charge is 2.39. The highest BCUT2D eigenvalue weighted by Crippen LogP contribution is 2.33. The molecule has 0 radical (unpaired) electrons. The van der Waals surface area contributed by atoms with Crippen molar-refractivity contribution in [2.45, 2.75) is 44.7 Å². The Morgan fingerprint density at radius 3 is 2.47 bits per heavy atom. The summed E-state index contributed by atoms with van der Waals surface area (Å²) in [6, 6.07) is 1.14. The third-order valence-corrected chi connectivity index (χ3v) is 3.98. The molecule has 2 aliphatic heterocycles. The molecule has 3 heteroatoms. The van der Waals surface area contributed by atoms with Crippen LogP contribution in [0.15, 0.2) is 0 Å². The van der Waals surface area contributed by atoms with E-state index < -0.39 is 0 Å². The summed E-state index contributed by atoms with van der Waals surface area (Å²) >= 11 is 0. The highest BCUT2D eigenvalue weighted by atomic mass is 16.1. The zero-order chi connectivity index (χ0) is 10.8. The third-order valence-electron chi connectivity index (χ3n) is 3.98. The monoisotopic (exact) mass is 210 g/mol. The van der Waals surface area contributed by atoms with Gasteiger partial charge < -0.3 is 4.90 Å². The second-order valence-corrected chi connectivity index (χ2v) is 4.97. The van der Waals surface area contributed by atoms with Gasteiger partial charge in [0, 0.05) is 38.0 Å². The lowest BCUT2D eigenvalue weighted by molar-refractivity contribution is -0.123. The van der Waals surface area contributed by atoms with E-state index in [2.05, 4.69) is 23.8 Å². The van der Waals surface area contributed by atoms with E-state index in [1.165, 1.54) is 12.8 Å². The maximum absolute atomic E-state index is 11.4. The number of carbonyl (C=O) groups is 1. The number of hydrogen-bond donors (Lipinski definition) is 0. The Kier molecular flexibility index (Phi) is 3.42. The first-order valence-corrected chi connectivity index (χ1v) is 6.16. The molecule has 2 aliphatic rings. The summed E-state index contributed by atoms with van der Waals surface area (Å²) in [5.41, 5.74) is 0. The predicted molar refractivity (Wildman–Crippen MR) is 60.9 cm³/mol. The number of nitrogens with zero attached hydrogens (tertiary/aromatic N) is 2. The van der Waals surface area contributed by atoms with Crippen molar-refractivity contribution in [2.24, 2.45) is 0 Å². The first kappa shape index (κ1) is 11.1. The fourth-order valence-corrected chi connectivity index (χ4v) is 2.87. The molecule has 2 unspecified atom stereocenters. The van der Waals surface area contributed by atoms with Crippen molar-refractivity contribution in [3.63, 3.8) is 0 Å². The van der Waals surface area contributed by atoms with E-state index in [1.54, 1.807) is 0 Å². The average molecular weight is 210 g/mol. The number of Topliss-reactive ketones (excluding diaryl/α,β-unsaturated/α-hetero) is 1. The van der Waals surface area contributed by atoms with Crippen LogP contribution >= 0.6 is 0 Å². The molecule has 2 rings (SSSR count). The molecular formula is C12H22N2O. The van der Waals surface area contributed by atoms with E-state index in [9.17, 15) is 4.79 Å². The van der Waals surface area contributed by atoms with Crippen LogP contribution in [0.1, 0.15) is 32.6 Å². The van der Waals surface area contributed by atoms with Crippen molar-refractivity contribution in [2.75, 3.05) is 26.7 Å². The molecule has 0 saturated carbocycles. The van der Waals surface area contributed by atoms with Crippen LogP contribution in [0.25, 0.3) is 0 Å². The number of hydrogen-bond acceptors (Lipinski definition) is 3. The van der Waals surface area contributed by atoms with E-state index in [0.29, 0.717) is 17.9 Å². The lowest BCUT2D eigenvalue weighted by atomic mass is 10.0. The summed E-state index contributed by atoms with van der Waals surface area (Å²) < 4.78 is 0. The SMILES string of the molecule is CCN(C)CCN1C2CCC1CC(=O)C2. The lowest BCUT2D eigenvalue weighted by Crippen LogP contribution is -2.46. The maximum Gasteiger partial charge on any atom is 0.136 e. The van der Waals surface area contributed by atoms with Gasteiger partial charge >= 0.3 is 0 Å². The second kappa shape index (κ2) is 4.62. The van der Waals surface area contributed by atoms with Gasteiger partial charge in [-0.25, -0.2) is 0 Å². The van der Waals surface area contributed by atoms with Crippen LogP contribution in [-0.2, 0) is 4.79 Å². The molecular weight excluding hydrogens is 188 g/mol. The fraction of sp³-hybridized carbons (Fsp3) is 0.917. The van der Waals surface area contributed by atoms with E-state index in [4.69, 9.17) is 0 Å². The van der Waals surface area contributed by atoms with Gasteiger partial charge in [-0.15, -0.1) is 0 Å². The third kappa shape index (κ3) is 2.40. The molecule has 0 N–H and O–H groups in total. The zero-order valence-corrected chi connectivity index (χ0v) is 9.91. The van der Waals surface area contributed by atoms with Crippen molar-refractivity contribution < 1.29 is 4.79 Å². The summed E-state index contributed by atoms with van der Waals surface area (Å²) in [7, 11) is 2.16. The summed E-state index contributed by atoms with van der Waals surface area (Å²) in [4.78, 5) is 16.3. The van der Waals surface area contributed by atoms with Crippen molar-refractivity contribution in [1.29, 1.82) is 0 Å². The Bertz CT molecular complexity index is 226. The Labute approximate surface area is 92.4 Å². The molecule has 3 nitrogen and oxygen atoms in total. The number of rotatable bonds is 4. The van der Waals surface area contributed by atoms with Crippen LogP contribution in [0.4, 0.5) is 0 Å². The summed E-state index contributed by atoms with van der Waals surface area (Å²) in [6.07, 6.45) is 4.11. The first-order valence-electron chi connectivity index (χ1n) is 6.16. The van der Waals surface area contributed by atoms with Crippen molar-refractivity contribution >= 4 is 5.78 Å². The van der Waals surface area contributed by atoms with Crippen LogP contribution in [0.3, 0.4) is 0 Å². The van der Waals surface area contributed by atoms with Crippen LogP contribution in [0, 0.1) is 0 Å². The van der Waals surface area contributed by atoms with Crippen molar-refractivity contribution in [3.8, 4) is 0 Å². The number of fused-ring (bicyclic) bond motifs is 2. The molecule has 2 bridgehead atoms. The van der Waals surface area contributed by atoms with Gasteiger partial charge in [0.05, 0.1) is 0 Å². The van der Waals surface area contributed by atoms with Gasteiger partial charge in [0.1, 0.15) is 5.78 Å². The molecule has 0 aliphatic carbocycles. The number of carbonyl (C=O) groups excluding carboxylic acids is 1. The highest BCUT2D eigenvalue weighted by molar-refractivity contribution is 5.80. The number of ketones is 1. The number of likely N-dealkylation sites (N-methyl/N-ethyl adjacent to an activating group) is 1. The van der Waals surface area contributed by atoms with Crippen LogP contribution in [0.2, 0.25) is 0 Å². The van der Waals surface area contributed by atoms with E-state index >= 15 is 0 Å². The average Bonchev–Trinajstić information content (AvgIpc) is 2.46. The minimum Gasteiger partial charge on any atom is -0.305 e. The Balaban J connectivity index is 1.86. The molecule has 0 spiro atoms.